The normalized spacial score (nSPS) is 11.2. The molecule has 0 fully saturated rings. The van der Waals surface area contributed by atoms with Gasteiger partial charge in [-0.15, -0.1) is 0 Å². The number of ketones is 1. The van der Waals surface area contributed by atoms with Crippen LogP contribution in [0.1, 0.15) is 45.8 Å². The molecule has 0 bridgehead atoms. The van der Waals surface area contributed by atoms with E-state index < -0.39 is 11.9 Å². The summed E-state index contributed by atoms with van der Waals surface area (Å²) in [4.78, 5) is 28.5. The van der Waals surface area contributed by atoms with E-state index in [1.54, 1.807) is 36.7 Å². The van der Waals surface area contributed by atoms with Crippen LogP contribution in [0.25, 0.3) is 0 Å². The van der Waals surface area contributed by atoms with Gasteiger partial charge in [0.05, 0.1) is 0 Å². The first-order chi connectivity index (χ1) is 14.0. The van der Waals surface area contributed by atoms with E-state index in [9.17, 15) is 9.59 Å². The number of carbonyl (C=O) groups excluding carboxylic acids is 1. The number of pyridine rings is 1. The zero-order valence-electron chi connectivity index (χ0n) is 16.7. The monoisotopic (exact) mass is 407 g/mol. The zero-order valence-corrected chi connectivity index (χ0v) is 16.7. The molecule has 0 aliphatic heterocycles. The number of benzene rings is 2. The van der Waals surface area contributed by atoms with E-state index in [1.807, 2.05) is 43.3 Å². The van der Waals surface area contributed by atoms with Crippen molar-refractivity contribution in [2.45, 2.75) is 32.3 Å². The summed E-state index contributed by atoms with van der Waals surface area (Å²) in [6.07, 6.45) is 3.61. The minimum Gasteiger partial charge on any atom is -0.489 e. The molecular weight excluding hydrogens is 382 g/mol. The number of Topliss-reactive ketones (excluding diaryl/α,β-unsaturated/α-hetero) is 1. The molecule has 3 aromatic rings. The second kappa shape index (κ2) is 10.9. The third kappa shape index (κ3) is 5.99. The lowest BCUT2D eigenvalue weighted by Crippen LogP contribution is -2.16. The predicted molar refractivity (Wildman–Crippen MR) is 114 cm³/mol. The maximum atomic E-state index is 13.3. The van der Waals surface area contributed by atoms with Crippen LogP contribution in [0.4, 0.5) is 0 Å². The van der Waals surface area contributed by atoms with Gasteiger partial charge in [0.15, 0.2) is 5.78 Å². The number of aromatic nitrogens is 1. The van der Waals surface area contributed by atoms with Crippen LogP contribution in [-0.4, -0.2) is 27.3 Å². The Morgan fingerprint density at radius 2 is 1.87 bits per heavy atom. The third-order valence-electron chi connectivity index (χ3n) is 4.77. The molecule has 1 atom stereocenters. The molecule has 0 aliphatic rings. The number of carboxylic acid groups (broad SMARTS) is 1. The molecule has 1 aromatic heterocycles. The highest BCUT2D eigenvalue weighted by atomic mass is 16.5. The van der Waals surface area contributed by atoms with Gasteiger partial charge >= 0.3 is 5.97 Å². The number of ether oxygens (including phenoxy) is 1. The summed E-state index contributed by atoms with van der Waals surface area (Å²) in [6.45, 7) is 2.29. The van der Waals surface area contributed by atoms with Crippen LogP contribution in [0.5, 0.6) is 5.75 Å². The summed E-state index contributed by atoms with van der Waals surface area (Å²) in [5.41, 5.74) is 3.27. The van der Waals surface area contributed by atoms with Crippen molar-refractivity contribution in [2.24, 2.45) is 0 Å². The van der Waals surface area contributed by atoms with Crippen molar-refractivity contribution in [1.29, 1.82) is 0 Å². The van der Waals surface area contributed by atoms with E-state index in [4.69, 9.17) is 9.84 Å². The van der Waals surface area contributed by atoms with Crippen molar-refractivity contribution < 1.29 is 24.9 Å². The van der Waals surface area contributed by atoms with Crippen LogP contribution in [0, 0.1) is 6.92 Å². The highest BCUT2D eigenvalue weighted by Gasteiger charge is 2.24. The molecular formula is C24H25NO5. The fourth-order valence-corrected chi connectivity index (χ4v) is 3.26. The van der Waals surface area contributed by atoms with Gasteiger partial charge in [-0.1, -0.05) is 42.5 Å². The van der Waals surface area contributed by atoms with E-state index in [0.717, 1.165) is 16.7 Å². The van der Waals surface area contributed by atoms with Crippen molar-refractivity contribution in [3.63, 3.8) is 0 Å². The van der Waals surface area contributed by atoms with Crippen molar-refractivity contribution in [1.82, 2.24) is 4.98 Å². The van der Waals surface area contributed by atoms with Gasteiger partial charge in [-0.05, 0) is 42.7 Å². The Bertz CT molecular complexity index is 988. The summed E-state index contributed by atoms with van der Waals surface area (Å²) in [5, 5.41) is 9.12. The fourth-order valence-electron chi connectivity index (χ4n) is 3.26. The minimum absolute atomic E-state index is 0. The molecule has 0 aliphatic carbocycles. The van der Waals surface area contributed by atoms with Gasteiger partial charge in [-0.25, -0.2) is 0 Å². The molecule has 30 heavy (non-hydrogen) atoms. The number of aryl methyl sites for hydroxylation is 1. The number of rotatable bonds is 9. The standard InChI is InChI=1S/C24H23NO4.H2O/c1-17-6-2-3-10-21(17)22(11-12-23(26)27)24(28)19-8-4-9-20(14-19)29-16-18-7-5-13-25-15-18;/h2-10,13-15,22H,11-12,16H2,1H3,(H,26,27);1H2/t22-;/m0./s1. The average Bonchev–Trinajstić information content (AvgIpc) is 2.74. The molecule has 0 amide bonds. The van der Waals surface area contributed by atoms with E-state index in [1.165, 1.54) is 0 Å². The van der Waals surface area contributed by atoms with Crippen LogP contribution in [-0.2, 0) is 11.4 Å². The highest BCUT2D eigenvalue weighted by molar-refractivity contribution is 6.01. The zero-order chi connectivity index (χ0) is 20.6. The molecule has 6 heteroatoms. The first-order valence-corrected chi connectivity index (χ1v) is 9.48. The molecule has 2 aromatic carbocycles. The lowest BCUT2D eigenvalue weighted by atomic mass is 9.85. The third-order valence-corrected chi connectivity index (χ3v) is 4.77. The number of hydrogen-bond acceptors (Lipinski definition) is 4. The van der Waals surface area contributed by atoms with Gasteiger partial charge in [-0.2, -0.15) is 0 Å². The number of aliphatic carboxylic acids is 1. The van der Waals surface area contributed by atoms with Gasteiger partial charge in [0.25, 0.3) is 0 Å². The van der Waals surface area contributed by atoms with E-state index >= 15 is 0 Å². The molecule has 0 spiro atoms. The number of carbonyl (C=O) groups is 2. The molecule has 1 heterocycles. The van der Waals surface area contributed by atoms with Gasteiger partial charge in [0.2, 0.25) is 0 Å². The molecule has 0 saturated carbocycles. The molecule has 6 nitrogen and oxygen atoms in total. The van der Waals surface area contributed by atoms with E-state index in [0.29, 0.717) is 17.9 Å². The van der Waals surface area contributed by atoms with Crippen LogP contribution < -0.4 is 4.74 Å². The predicted octanol–water partition coefficient (Wildman–Crippen LogP) is 3.98. The summed E-state index contributed by atoms with van der Waals surface area (Å²) in [5.74, 6) is -0.945. The fraction of sp³-hybridized carbons (Fsp3) is 0.208. The minimum atomic E-state index is -0.912. The molecule has 156 valence electrons. The van der Waals surface area contributed by atoms with Crippen molar-refractivity contribution in [3.8, 4) is 5.75 Å². The number of carboxylic acids is 1. The Kier molecular flexibility index (Phi) is 8.26. The maximum absolute atomic E-state index is 13.3. The smallest absolute Gasteiger partial charge is 0.303 e. The van der Waals surface area contributed by atoms with Crippen LogP contribution in [0.15, 0.2) is 73.1 Å². The maximum Gasteiger partial charge on any atom is 0.303 e. The Morgan fingerprint density at radius 3 is 2.57 bits per heavy atom. The Balaban J connectivity index is 0.00000320. The Labute approximate surface area is 175 Å². The van der Waals surface area contributed by atoms with Crippen LogP contribution >= 0.6 is 0 Å². The average molecular weight is 407 g/mol. The molecule has 0 radical (unpaired) electrons. The number of hydrogen-bond donors (Lipinski definition) is 1. The summed E-state index contributed by atoms with van der Waals surface area (Å²) in [6, 6.07) is 18.4. The molecule has 3 N–H and O–H groups in total. The Morgan fingerprint density at radius 1 is 1.07 bits per heavy atom. The van der Waals surface area contributed by atoms with Crippen LogP contribution in [0.2, 0.25) is 0 Å². The summed E-state index contributed by atoms with van der Waals surface area (Å²) in [7, 11) is 0. The lowest BCUT2D eigenvalue weighted by Gasteiger charge is -2.18. The topological polar surface area (TPSA) is 108 Å². The van der Waals surface area contributed by atoms with Gasteiger partial charge in [-0.3, -0.25) is 14.6 Å². The van der Waals surface area contributed by atoms with Crippen molar-refractivity contribution >= 4 is 11.8 Å². The van der Waals surface area contributed by atoms with E-state index in [2.05, 4.69) is 4.98 Å². The SMILES string of the molecule is Cc1ccccc1[C@H](CCC(=O)O)C(=O)c1cccc(OCc2cccnc2)c1.O. The lowest BCUT2D eigenvalue weighted by molar-refractivity contribution is -0.137. The largest absolute Gasteiger partial charge is 0.489 e. The second-order valence-electron chi connectivity index (χ2n) is 6.88. The van der Waals surface area contributed by atoms with Gasteiger partial charge in [0, 0.05) is 35.9 Å². The van der Waals surface area contributed by atoms with Crippen molar-refractivity contribution in [3.05, 3.63) is 95.3 Å². The van der Waals surface area contributed by atoms with E-state index in [-0.39, 0.29) is 24.1 Å². The molecule has 0 unspecified atom stereocenters. The second-order valence-corrected chi connectivity index (χ2v) is 6.88. The van der Waals surface area contributed by atoms with Gasteiger partial charge in [0.1, 0.15) is 12.4 Å². The van der Waals surface area contributed by atoms with Gasteiger partial charge < -0.3 is 15.3 Å². The highest BCUT2D eigenvalue weighted by Crippen LogP contribution is 2.29. The number of nitrogens with zero attached hydrogens (tertiary/aromatic N) is 1. The first kappa shape index (κ1) is 22.8. The summed E-state index contributed by atoms with van der Waals surface area (Å²) < 4.78 is 5.80. The summed E-state index contributed by atoms with van der Waals surface area (Å²) >= 11 is 0. The Hall–Kier alpha value is -3.51. The first-order valence-electron chi connectivity index (χ1n) is 9.48. The quantitative estimate of drug-likeness (QED) is 0.540. The molecule has 3 rings (SSSR count). The molecule has 0 saturated heterocycles. The van der Waals surface area contributed by atoms with Crippen LogP contribution in [0.3, 0.4) is 0 Å². The van der Waals surface area contributed by atoms with Crippen molar-refractivity contribution in [2.75, 3.05) is 0 Å².